The molecule has 4 rings (SSSR count). The molecule has 2 aromatic rings. The Balaban J connectivity index is 1.55. The van der Waals surface area contributed by atoms with E-state index in [1.54, 1.807) is 25.3 Å². The van der Waals surface area contributed by atoms with E-state index >= 15 is 0 Å². The van der Waals surface area contributed by atoms with Gasteiger partial charge in [-0.2, -0.15) is 0 Å². The lowest BCUT2D eigenvalue weighted by Gasteiger charge is -2.39. The smallest absolute Gasteiger partial charge is 0.254 e. The average molecular weight is 354 g/mol. The zero-order valence-electron chi connectivity index (χ0n) is 15.0. The first-order valence-corrected chi connectivity index (χ1v) is 8.69. The molecule has 0 saturated carbocycles. The average Bonchev–Trinajstić information content (AvgIpc) is 3.15. The second kappa shape index (κ2) is 6.88. The molecular weight excluding hydrogens is 332 g/mol. The molecule has 2 aromatic carbocycles. The predicted octanol–water partition coefficient (Wildman–Crippen LogP) is 2.55. The molecule has 0 aliphatic carbocycles. The van der Waals surface area contributed by atoms with E-state index in [-0.39, 0.29) is 18.7 Å². The fraction of sp³-hybridized carbons (Fsp3) is 0.350. The van der Waals surface area contributed by atoms with Gasteiger partial charge in [-0.25, -0.2) is 0 Å². The minimum atomic E-state index is 0.0179. The topological polar surface area (TPSA) is 51.2 Å². The highest BCUT2D eigenvalue weighted by atomic mass is 16.7. The summed E-state index contributed by atoms with van der Waals surface area (Å²) in [4.78, 5) is 17.2. The Morgan fingerprint density at radius 1 is 1.12 bits per heavy atom. The number of piperazine rings is 1. The zero-order valence-corrected chi connectivity index (χ0v) is 15.0. The Morgan fingerprint density at radius 2 is 1.96 bits per heavy atom. The lowest BCUT2D eigenvalue weighted by molar-refractivity contribution is 0.0545. The van der Waals surface area contributed by atoms with E-state index in [9.17, 15) is 4.79 Å². The van der Waals surface area contributed by atoms with E-state index in [0.29, 0.717) is 30.2 Å². The third kappa shape index (κ3) is 3.08. The molecule has 2 aliphatic heterocycles. The minimum absolute atomic E-state index is 0.0179. The number of hydrogen-bond acceptors (Lipinski definition) is 5. The number of fused-ring (bicyclic) bond motifs is 1. The summed E-state index contributed by atoms with van der Waals surface area (Å²) in [5, 5.41) is 0. The van der Waals surface area contributed by atoms with E-state index in [4.69, 9.17) is 14.2 Å². The van der Waals surface area contributed by atoms with Crippen molar-refractivity contribution >= 4 is 5.91 Å². The molecule has 1 saturated heterocycles. The number of amides is 1. The minimum Gasteiger partial charge on any atom is -0.497 e. The molecule has 0 aromatic heterocycles. The molecule has 1 unspecified atom stereocenters. The van der Waals surface area contributed by atoms with Gasteiger partial charge in [-0.1, -0.05) is 12.1 Å². The summed E-state index contributed by atoms with van der Waals surface area (Å²) in [5.74, 6) is 2.17. The molecule has 2 heterocycles. The summed E-state index contributed by atoms with van der Waals surface area (Å²) in [6.45, 7) is 2.36. The number of methoxy groups -OCH3 is 1. The van der Waals surface area contributed by atoms with Crippen molar-refractivity contribution in [3.8, 4) is 17.2 Å². The van der Waals surface area contributed by atoms with Gasteiger partial charge < -0.3 is 19.1 Å². The van der Waals surface area contributed by atoms with Gasteiger partial charge in [0.15, 0.2) is 11.5 Å². The first-order chi connectivity index (χ1) is 12.7. The van der Waals surface area contributed by atoms with Gasteiger partial charge in [-0.3, -0.25) is 9.69 Å². The maximum Gasteiger partial charge on any atom is 0.254 e. The van der Waals surface area contributed by atoms with Crippen molar-refractivity contribution in [2.24, 2.45) is 0 Å². The molecule has 6 heteroatoms. The Bertz CT molecular complexity index is 823. The number of likely N-dealkylation sites (N-methyl/N-ethyl adjacent to an activating group) is 1. The number of carbonyl (C=O) groups is 1. The lowest BCUT2D eigenvalue weighted by Crippen LogP contribution is -2.49. The largest absolute Gasteiger partial charge is 0.497 e. The van der Waals surface area contributed by atoms with Crippen molar-refractivity contribution in [1.29, 1.82) is 0 Å². The van der Waals surface area contributed by atoms with Crippen molar-refractivity contribution in [3.05, 3.63) is 53.6 Å². The fourth-order valence-corrected chi connectivity index (χ4v) is 3.48. The van der Waals surface area contributed by atoms with Crippen LogP contribution in [0.5, 0.6) is 17.2 Å². The molecule has 6 nitrogen and oxygen atoms in total. The van der Waals surface area contributed by atoms with Crippen molar-refractivity contribution in [1.82, 2.24) is 9.80 Å². The van der Waals surface area contributed by atoms with Crippen LogP contribution in [0.2, 0.25) is 0 Å². The molecular formula is C20H22N2O4. The van der Waals surface area contributed by atoms with Crippen molar-refractivity contribution < 1.29 is 19.0 Å². The Kier molecular flexibility index (Phi) is 4.42. The highest BCUT2D eigenvalue weighted by molar-refractivity contribution is 5.95. The quantitative estimate of drug-likeness (QED) is 0.848. The van der Waals surface area contributed by atoms with Crippen LogP contribution in [0.1, 0.15) is 22.0 Å². The Labute approximate surface area is 152 Å². The van der Waals surface area contributed by atoms with Gasteiger partial charge >= 0.3 is 0 Å². The van der Waals surface area contributed by atoms with Crippen LogP contribution in [-0.4, -0.2) is 56.3 Å². The van der Waals surface area contributed by atoms with Crippen LogP contribution in [0, 0.1) is 0 Å². The predicted molar refractivity (Wildman–Crippen MR) is 96.8 cm³/mol. The third-order valence-electron chi connectivity index (χ3n) is 5.03. The summed E-state index contributed by atoms with van der Waals surface area (Å²) >= 11 is 0. The molecule has 0 spiro atoms. The SMILES string of the molecule is COc1cccc(C2CN(C(=O)c3ccc4c(c3)OCO4)CCN2C)c1. The van der Waals surface area contributed by atoms with Gasteiger partial charge in [0, 0.05) is 25.2 Å². The summed E-state index contributed by atoms with van der Waals surface area (Å²) < 4.78 is 16.1. The van der Waals surface area contributed by atoms with E-state index in [1.807, 2.05) is 23.1 Å². The number of rotatable bonds is 3. The van der Waals surface area contributed by atoms with Crippen LogP contribution >= 0.6 is 0 Å². The second-order valence-corrected chi connectivity index (χ2v) is 6.59. The number of hydrogen-bond donors (Lipinski definition) is 0. The first kappa shape index (κ1) is 16.7. The van der Waals surface area contributed by atoms with Crippen LogP contribution in [0.4, 0.5) is 0 Å². The highest BCUT2D eigenvalue weighted by Crippen LogP contribution is 2.33. The molecule has 1 atom stereocenters. The second-order valence-electron chi connectivity index (χ2n) is 6.59. The number of ether oxygens (including phenoxy) is 3. The normalized spacial score (nSPS) is 19.5. The van der Waals surface area contributed by atoms with E-state index in [2.05, 4.69) is 18.0 Å². The Morgan fingerprint density at radius 3 is 2.81 bits per heavy atom. The third-order valence-corrected chi connectivity index (χ3v) is 5.03. The van der Waals surface area contributed by atoms with Gasteiger partial charge in [0.05, 0.1) is 13.2 Å². The maximum absolute atomic E-state index is 13.0. The van der Waals surface area contributed by atoms with Gasteiger partial charge in [0.1, 0.15) is 5.75 Å². The van der Waals surface area contributed by atoms with Gasteiger partial charge in [-0.15, -0.1) is 0 Å². The van der Waals surface area contributed by atoms with Crippen LogP contribution in [0.3, 0.4) is 0 Å². The van der Waals surface area contributed by atoms with E-state index in [0.717, 1.165) is 17.9 Å². The van der Waals surface area contributed by atoms with E-state index in [1.165, 1.54) is 0 Å². The zero-order chi connectivity index (χ0) is 18.1. The number of benzene rings is 2. The summed E-state index contributed by atoms with van der Waals surface area (Å²) in [7, 11) is 3.76. The lowest BCUT2D eigenvalue weighted by atomic mass is 10.0. The van der Waals surface area contributed by atoms with Crippen LogP contribution in [0.15, 0.2) is 42.5 Å². The highest BCUT2D eigenvalue weighted by Gasteiger charge is 2.30. The van der Waals surface area contributed by atoms with Crippen molar-refractivity contribution in [2.45, 2.75) is 6.04 Å². The number of nitrogens with zero attached hydrogens (tertiary/aromatic N) is 2. The summed E-state index contributed by atoms with van der Waals surface area (Å²) in [6.07, 6.45) is 0. The molecule has 0 bridgehead atoms. The van der Waals surface area contributed by atoms with E-state index < -0.39 is 0 Å². The standard InChI is InChI=1S/C20H22N2O4/c1-21-8-9-22(12-17(21)14-4-3-5-16(10-14)24-2)20(23)15-6-7-18-19(11-15)26-13-25-18/h3-7,10-11,17H,8-9,12-13H2,1-2H3. The molecule has 2 aliphatic rings. The van der Waals surface area contributed by atoms with Crippen LogP contribution in [-0.2, 0) is 0 Å². The molecule has 0 radical (unpaired) electrons. The molecule has 136 valence electrons. The molecule has 1 amide bonds. The first-order valence-electron chi connectivity index (χ1n) is 8.69. The Hall–Kier alpha value is -2.73. The molecule has 26 heavy (non-hydrogen) atoms. The molecule has 1 fully saturated rings. The van der Waals surface area contributed by atoms with Gasteiger partial charge in [0.2, 0.25) is 6.79 Å². The molecule has 0 N–H and O–H groups in total. The van der Waals surface area contributed by atoms with Crippen molar-refractivity contribution in [2.75, 3.05) is 40.6 Å². The maximum atomic E-state index is 13.0. The van der Waals surface area contributed by atoms with Crippen LogP contribution < -0.4 is 14.2 Å². The van der Waals surface area contributed by atoms with Crippen LogP contribution in [0.25, 0.3) is 0 Å². The number of carbonyl (C=O) groups excluding carboxylic acids is 1. The summed E-state index contributed by atoms with van der Waals surface area (Å²) in [6, 6.07) is 13.5. The van der Waals surface area contributed by atoms with Crippen molar-refractivity contribution in [3.63, 3.8) is 0 Å². The monoisotopic (exact) mass is 354 g/mol. The summed E-state index contributed by atoms with van der Waals surface area (Å²) in [5.41, 5.74) is 1.78. The van der Waals surface area contributed by atoms with Gasteiger partial charge in [0.25, 0.3) is 5.91 Å². The fourth-order valence-electron chi connectivity index (χ4n) is 3.48. The van der Waals surface area contributed by atoms with Gasteiger partial charge in [-0.05, 0) is 42.9 Å².